The minimum Gasteiger partial charge on any atom is -0.508 e. The van der Waals surface area contributed by atoms with E-state index in [4.69, 9.17) is 0 Å². The summed E-state index contributed by atoms with van der Waals surface area (Å²) < 4.78 is 0. The van der Waals surface area contributed by atoms with Crippen LogP contribution in [0, 0.1) is 0 Å². The van der Waals surface area contributed by atoms with E-state index in [0.717, 1.165) is 10.9 Å². The fourth-order valence-electron chi connectivity index (χ4n) is 2.15. The van der Waals surface area contributed by atoms with Crippen LogP contribution in [0.25, 0.3) is 10.9 Å². The average Bonchev–Trinajstić information content (AvgIpc) is 2.53. The minimum absolute atomic E-state index is 0.177. The molecule has 2 N–H and O–H groups in total. The number of nitrogens with zero attached hydrogens (tertiary/aromatic N) is 1. The van der Waals surface area contributed by atoms with Gasteiger partial charge < -0.3 is 10.4 Å². The van der Waals surface area contributed by atoms with Crippen molar-refractivity contribution in [3.05, 3.63) is 71.9 Å². The number of fused-ring (bicyclic) bond motifs is 1. The van der Waals surface area contributed by atoms with Crippen LogP contribution < -0.4 is 5.32 Å². The molecule has 0 saturated carbocycles. The first-order chi connectivity index (χ1) is 10.2. The molecule has 0 atom stereocenters. The van der Waals surface area contributed by atoms with E-state index in [1.165, 1.54) is 0 Å². The molecule has 0 saturated heterocycles. The van der Waals surface area contributed by atoms with E-state index in [1.807, 2.05) is 30.3 Å². The van der Waals surface area contributed by atoms with Gasteiger partial charge in [-0.1, -0.05) is 24.3 Å². The molecule has 0 unspecified atom stereocenters. The summed E-state index contributed by atoms with van der Waals surface area (Å²) in [6, 6.07) is 16.1. The van der Waals surface area contributed by atoms with Gasteiger partial charge in [0.25, 0.3) is 5.91 Å². The predicted octanol–water partition coefficient (Wildman–Crippen LogP) is 2.87. The lowest BCUT2D eigenvalue weighted by molar-refractivity contribution is 0.0951. The average molecular weight is 278 g/mol. The van der Waals surface area contributed by atoms with Crippen LogP contribution >= 0.6 is 0 Å². The van der Waals surface area contributed by atoms with Crippen molar-refractivity contribution in [2.24, 2.45) is 0 Å². The first-order valence-electron chi connectivity index (χ1n) is 6.64. The summed E-state index contributed by atoms with van der Waals surface area (Å²) in [6.07, 6.45) is 1.72. The lowest BCUT2D eigenvalue weighted by Gasteiger charge is -2.07. The number of carbonyl (C=O) groups is 1. The molecule has 0 aliphatic rings. The van der Waals surface area contributed by atoms with E-state index in [1.54, 1.807) is 30.5 Å². The molecule has 1 heterocycles. The molecular weight excluding hydrogens is 264 g/mol. The van der Waals surface area contributed by atoms with Crippen LogP contribution in [-0.4, -0.2) is 16.0 Å². The Morgan fingerprint density at radius 2 is 1.95 bits per heavy atom. The topological polar surface area (TPSA) is 62.2 Å². The second-order valence-electron chi connectivity index (χ2n) is 4.72. The quantitative estimate of drug-likeness (QED) is 0.774. The number of pyridine rings is 1. The highest BCUT2D eigenvalue weighted by atomic mass is 16.3. The normalized spacial score (nSPS) is 10.5. The van der Waals surface area contributed by atoms with Crippen molar-refractivity contribution in [3.63, 3.8) is 0 Å². The molecule has 4 nitrogen and oxygen atoms in total. The number of nitrogens with one attached hydrogen (secondary N) is 1. The van der Waals surface area contributed by atoms with Gasteiger partial charge in [0.05, 0.1) is 5.52 Å². The third-order valence-corrected chi connectivity index (χ3v) is 3.30. The van der Waals surface area contributed by atoms with E-state index in [-0.39, 0.29) is 18.2 Å². The van der Waals surface area contributed by atoms with Gasteiger partial charge in [0.1, 0.15) is 5.75 Å². The fourth-order valence-corrected chi connectivity index (χ4v) is 2.15. The Morgan fingerprint density at radius 1 is 1.10 bits per heavy atom. The van der Waals surface area contributed by atoms with Crippen molar-refractivity contribution in [1.29, 1.82) is 0 Å². The van der Waals surface area contributed by atoms with Crippen molar-refractivity contribution in [2.45, 2.75) is 6.54 Å². The Bertz CT molecular complexity index is 799. The SMILES string of the molecule is O=C(NCc1ccccc1O)c1ccc2ncccc2c1. The Balaban J connectivity index is 1.76. The van der Waals surface area contributed by atoms with Crippen molar-refractivity contribution in [1.82, 2.24) is 10.3 Å². The van der Waals surface area contributed by atoms with Gasteiger partial charge in [0.2, 0.25) is 0 Å². The van der Waals surface area contributed by atoms with E-state index < -0.39 is 0 Å². The smallest absolute Gasteiger partial charge is 0.251 e. The molecular formula is C17H14N2O2. The minimum atomic E-state index is -0.177. The Labute approximate surface area is 122 Å². The predicted molar refractivity (Wildman–Crippen MR) is 81.0 cm³/mol. The first kappa shape index (κ1) is 13.1. The number of rotatable bonds is 3. The zero-order valence-corrected chi connectivity index (χ0v) is 11.3. The maximum atomic E-state index is 12.2. The number of aromatic nitrogens is 1. The van der Waals surface area contributed by atoms with Gasteiger partial charge in [-0.05, 0) is 30.3 Å². The maximum absolute atomic E-state index is 12.2. The van der Waals surface area contributed by atoms with Crippen LogP contribution in [0.1, 0.15) is 15.9 Å². The van der Waals surface area contributed by atoms with Gasteiger partial charge in [-0.3, -0.25) is 9.78 Å². The fraction of sp³-hybridized carbons (Fsp3) is 0.0588. The number of hydrogen-bond donors (Lipinski definition) is 2. The van der Waals surface area contributed by atoms with Gasteiger partial charge in [0, 0.05) is 29.3 Å². The third-order valence-electron chi connectivity index (χ3n) is 3.30. The zero-order valence-electron chi connectivity index (χ0n) is 11.3. The number of amides is 1. The summed E-state index contributed by atoms with van der Waals surface area (Å²) in [5.74, 6) is 0.00418. The van der Waals surface area contributed by atoms with Crippen LogP contribution in [0.15, 0.2) is 60.8 Å². The van der Waals surface area contributed by atoms with Crippen LogP contribution in [-0.2, 0) is 6.54 Å². The van der Waals surface area contributed by atoms with Crippen LogP contribution in [0.4, 0.5) is 0 Å². The molecule has 2 aromatic carbocycles. The molecule has 3 aromatic rings. The number of benzene rings is 2. The summed E-state index contributed by atoms with van der Waals surface area (Å²) >= 11 is 0. The molecule has 4 heteroatoms. The highest BCUT2D eigenvalue weighted by molar-refractivity contribution is 5.97. The van der Waals surface area contributed by atoms with E-state index in [2.05, 4.69) is 10.3 Å². The van der Waals surface area contributed by atoms with Crippen molar-refractivity contribution in [3.8, 4) is 5.75 Å². The van der Waals surface area contributed by atoms with E-state index >= 15 is 0 Å². The third kappa shape index (κ3) is 2.84. The number of phenols is 1. The van der Waals surface area contributed by atoms with Crippen LogP contribution in [0.3, 0.4) is 0 Å². The number of carbonyl (C=O) groups excluding carboxylic acids is 1. The molecule has 0 fully saturated rings. The zero-order chi connectivity index (χ0) is 14.7. The molecule has 1 aromatic heterocycles. The number of aromatic hydroxyl groups is 1. The van der Waals surface area contributed by atoms with Crippen molar-refractivity contribution >= 4 is 16.8 Å². The molecule has 0 radical (unpaired) electrons. The van der Waals surface area contributed by atoms with Gasteiger partial charge >= 0.3 is 0 Å². The second kappa shape index (κ2) is 5.63. The first-order valence-corrected chi connectivity index (χ1v) is 6.64. The summed E-state index contributed by atoms with van der Waals surface area (Å²) in [5.41, 5.74) is 2.12. The van der Waals surface area contributed by atoms with Gasteiger partial charge in [-0.25, -0.2) is 0 Å². The van der Waals surface area contributed by atoms with Gasteiger partial charge in [-0.15, -0.1) is 0 Å². The molecule has 0 aliphatic carbocycles. The molecule has 3 rings (SSSR count). The van der Waals surface area contributed by atoms with Crippen molar-refractivity contribution < 1.29 is 9.90 Å². The highest BCUT2D eigenvalue weighted by Crippen LogP contribution is 2.16. The molecule has 0 aliphatic heterocycles. The van der Waals surface area contributed by atoms with E-state index in [0.29, 0.717) is 11.1 Å². The molecule has 0 spiro atoms. The molecule has 0 bridgehead atoms. The Kier molecular flexibility index (Phi) is 3.51. The number of phenolic OH excluding ortho intramolecular Hbond substituents is 1. The van der Waals surface area contributed by atoms with Gasteiger partial charge in [0.15, 0.2) is 0 Å². The summed E-state index contributed by atoms with van der Waals surface area (Å²) in [5, 5.41) is 13.4. The van der Waals surface area contributed by atoms with Gasteiger partial charge in [-0.2, -0.15) is 0 Å². The molecule has 21 heavy (non-hydrogen) atoms. The van der Waals surface area contributed by atoms with Crippen molar-refractivity contribution in [2.75, 3.05) is 0 Å². The lowest BCUT2D eigenvalue weighted by atomic mass is 10.1. The summed E-state index contributed by atoms with van der Waals surface area (Å²) in [6.45, 7) is 0.288. The largest absolute Gasteiger partial charge is 0.508 e. The summed E-state index contributed by atoms with van der Waals surface area (Å²) in [4.78, 5) is 16.4. The monoisotopic (exact) mass is 278 g/mol. The lowest BCUT2D eigenvalue weighted by Crippen LogP contribution is -2.22. The maximum Gasteiger partial charge on any atom is 0.251 e. The Hall–Kier alpha value is -2.88. The number of hydrogen-bond acceptors (Lipinski definition) is 3. The second-order valence-corrected chi connectivity index (χ2v) is 4.72. The molecule has 104 valence electrons. The Morgan fingerprint density at radius 3 is 2.81 bits per heavy atom. The van der Waals surface area contributed by atoms with E-state index in [9.17, 15) is 9.90 Å². The number of para-hydroxylation sites is 1. The standard InChI is InChI=1S/C17H14N2O2/c20-16-6-2-1-4-14(16)11-19-17(21)13-7-8-15-12(10-13)5-3-9-18-15/h1-10,20H,11H2,(H,19,21). The van der Waals surface area contributed by atoms with Crippen LogP contribution in [0.5, 0.6) is 5.75 Å². The highest BCUT2D eigenvalue weighted by Gasteiger charge is 2.07. The summed E-state index contributed by atoms with van der Waals surface area (Å²) in [7, 11) is 0. The van der Waals surface area contributed by atoms with Crippen LogP contribution in [0.2, 0.25) is 0 Å². The molecule has 1 amide bonds.